The van der Waals surface area contributed by atoms with Gasteiger partial charge < -0.3 is 15.4 Å². The zero-order valence-electron chi connectivity index (χ0n) is 9.83. The molecule has 1 aromatic carbocycles. The SMILES string of the molecule is COc1ccc(Cl)c2c1N(C)CC2C(C)N. The van der Waals surface area contributed by atoms with Crippen LogP contribution in [0.1, 0.15) is 18.4 Å². The van der Waals surface area contributed by atoms with E-state index in [4.69, 9.17) is 22.1 Å². The lowest BCUT2D eigenvalue weighted by Crippen LogP contribution is -2.28. The first-order chi connectivity index (χ1) is 7.56. The monoisotopic (exact) mass is 240 g/mol. The molecule has 0 radical (unpaired) electrons. The molecule has 2 atom stereocenters. The average molecular weight is 241 g/mol. The topological polar surface area (TPSA) is 38.5 Å². The maximum absolute atomic E-state index is 6.26. The Bertz CT molecular complexity index is 406. The van der Waals surface area contributed by atoms with Crippen molar-refractivity contribution in [3.8, 4) is 5.75 Å². The van der Waals surface area contributed by atoms with Crippen LogP contribution in [0, 0.1) is 0 Å². The van der Waals surface area contributed by atoms with Gasteiger partial charge in [0.25, 0.3) is 0 Å². The molecule has 1 heterocycles. The first kappa shape index (κ1) is 11.6. The molecule has 0 saturated heterocycles. The van der Waals surface area contributed by atoms with E-state index in [0.29, 0.717) is 0 Å². The van der Waals surface area contributed by atoms with E-state index in [1.54, 1.807) is 7.11 Å². The Morgan fingerprint density at radius 1 is 1.56 bits per heavy atom. The minimum Gasteiger partial charge on any atom is -0.495 e. The lowest BCUT2D eigenvalue weighted by molar-refractivity contribution is 0.415. The smallest absolute Gasteiger partial charge is 0.142 e. The maximum atomic E-state index is 6.26. The molecular formula is C12H17ClN2O. The van der Waals surface area contributed by atoms with Crippen LogP contribution in [-0.4, -0.2) is 26.7 Å². The number of anilines is 1. The molecule has 0 fully saturated rings. The van der Waals surface area contributed by atoms with E-state index in [1.165, 1.54) is 0 Å². The number of ether oxygens (including phenoxy) is 1. The number of hydrogen-bond acceptors (Lipinski definition) is 3. The molecule has 0 amide bonds. The second kappa shape index (κ2) is 4.15. The number of hydrogen-bond donors (Lipinski definition) is 1. The van der Waals surface area contributed by atoms with Gasteiger partial charge in [0.1, 0.15) is 5.75 Å². The molecule has 3 nitrogen and oxygen atoms in total. The van der Waals surface area contributed by atoms with Crippen molar-refractivity contribution in [1.82, 2.24) is 0 Å². The van der Waals surface area contributed by atoms with Gasteiger partial charge in [-0.2, -0.15) is 0 Å². The molecule has 1 aliphatic rings. The highest BCUT2D eigenvalue weighted by Crippen LogP contribution is 2.46. The normalized spacial score (nSPS) is 20.8. The van der Waals surface area contributed by atoms with E-state index < -0.39 is 0 Å². The van der Waals surface area contributed by atoms with Crippen molar-refractivity contribution in [3.63, 3.8) is 0 Å². The summed E-state index contributed by atoms with van der Waals surface area (Å²) in [6.45, 7) is 2.91. The van der Waals surface area contributed by atoms with Gasteiger partial charge in [0, 0.05) is 36.1 Å². The molecule has 0 aromatic heterocycles. The Morgan fingerprint density at radius 3 is 2.81 bits per heavy atom. The summed E-state index contributed by atoms with van der Waals surface area (Å²) in [5.41, 5.74) is 8.21. The van der Waals surface area contributed by atoms with Crippen molar-refractivity contribution in [2.75, 3.05) is 25.6 Å². The highest BCUT2D eigenvalue weighted by Gasteiger charge is 2.33. The van der Waals surface area contributed by atoms with Crippen LogP contribution in [0.5, 0.6) is 5.75 Å². The van der Waals surface area contributed by atoms with Gasteiger partial charge in [0.2, 0.25) is 0 Å². The molecule has 2 rings (SSSR count). The second-order valence-corrected chi connectivity index (χ2v) is 4.77. The number of rotatable bonds is 2. The average Bonchev–Trinajstić information content (AvgIpc) is 2.59. The van der Waals surface area contributed by atoms with Gasteiger partial charge in [-0.3, -0.25) is 0 Å². The number of nitrogens with two attached hydrogens (primary N) is 1. The Labute approximate surface area is 101 Å². The van der Waals surface area contributed by atoms with E-state index in [-0.39, 0.29) is 12.0 Å². The molecule has 0 spiro atoms. The Hall–Kier alpha value is -0.930. The predicted molar refractivity (Wildman–Crippen MR) is 67.7 cm³/mol. The standard InChI is InChI=1S/C12H17ClN2O/c1-7(14)8-6-15(2)12-10(16-3)5-4-9(13)11(8)12/h4-5,7-8H,6,14H2,1-3H3. The molecule has 4 heteroatoms. The van der Waals surface area contributed by atoms with Crippen LogP contribution in [0.25, 0.3) is 0 Å². The van der Waals surface area contributed by atoms with Gasteiger partial charge >= 0.3 is 0 Å². The number of fused-ring (bicyclic) bond motifs is 1. The van der Waals surface area contributed by atoms with Crippen LogP contribution in [0.2, 0.25) is 5.02 Å². The van der Waals surface area contributed by atoms with E-state index in [2.05, 4.69) is 4.90 Å². The molecular weight excluding hydrogens is 224 g/mol. The van der Waals surface area contributed by atoms with Gasteiger partial charge in [-0.1, -0.05) is 11.6 Å². The van der Waals surface area contributed by atoms with E-state index in [1.807, 2.05) is 26.1 Å². The van der Waals surface area contributed by atoms with E-state index >= 15 is 0 Å². The summed E-state index contributed by atoms with van der Waals surface area (Å²) in [5.74, 6) is 1.15. The minimum atomic E-state index is 0.0910. The summed E-state index contributed by atoms with van der Waals surface area (Å²) in [4.78, 5) is 2.16. The van der Waals surface area contributed by atoms with Gasteiger partial charge in [0.05, 0.1) is 12.8 Å². The fraction of sp³-hybridized carbons (Fsp3) is 0.500. The minimum absolute atomic E-state index is 0.0910. The molecule has 0 saturated carbocycles. The Kier molecular flexibility index (Phi) is 3.00. The van der Waals surface area contributed by atoms with Crippen LogP contribution < -0.4 is 15.4 Å². The zero-order chi connectivity index (χ0) is 11.9. The zero-order valence-corrected chi connectivity index (χ0v) is 10.6. The van der Waals surface area contributed by atoms with Gasteiger partial charge in [-0.25, -0.2) is 0 Å². The molecule has 1 aromatic rings. The van der Waals surface area contributed by atoms with Gasteiger partial charge in [-0.15, -0.1) is 0 Å². The first-order valence-corrected chi connectivity index (χ1v) is 5.77. The summed E-state index contributed by atoms with van der Waals surface area (Å²) in [6, 6.07) is 3.88. The lowest BCUT2D eigenvalue weighted by Gasteiger charge is -2.16. The summed E-state index contributed by atoms with van der Waals surface area (Å²) in [6.07, 6.45) is 0. The highest BCUT2D eigenvalue weighted by molar-refractivity contribution is 6.32. The number of methoxy groups -OCH3 is 1. The Morgan fingerprint density at radius 2 is 2.25 bits per heavy atom. The van der Waals surface area contributed by atoms with Crippen LogP contribution in [0.4, 0.5) is 5.69 Å². The third-order valence-electron chi connectivity index (χ3n) is 3.20. The van der Waals surface area contributed by atoms with Crippen LogP contribution >= 0.6 is 11.6 Å². The van der Waals surface area contributed by atoms with E-state index in [0.717, 1.165) is 28.6 Å². The number of halogens is 1. The molecule has 0 bridgehead atoms. The molecule has 1 aliphatic heterocycles. The van der Waals surface area contributed by atoms with Crippen molar-refractivity contribution < 1.29 is 4.74 Å². The van der Waals surface area contributed by atoms with Crippen LogP contribution in [-0.2, 0) is 0 Å². The fourth-order valence-electron chi connectivity index (χ4n) is 2.38. The largest absolute Gasteiger partial charge is 0.495 e. The van der Waals surface area contributed by atoms with Crippen molar-refractivity contribution in [2.24, 2.45) is 5.73 Å². The summed E-state index contributed by atoms with van der Waals surface area (Å²) >= 11 is 6.26. The molecule has 2 unspecified atom stereocenters. The fourth-order valence-corrected chi connectivity index (χ4v) is 2.67. The molecule has 0 aliphatic carbocycles. The van der Waals surface area contributed by atoms with Crippen molar-refractivity contribution in [3.05, 3.63) is 22.7 Å². The highest BCUT2D eigenvalue weighted by atomic mass is 35.5. The molecule has 2 N–H and O–H groups in total. The third kappa shape index (κ3) is 1.64. The van der Waals surface area contributed by atoms with Crippen molar-refractivity contribution in [2.45, 2.75) is 18.9 Å². The summed E-state index contributed by atoms with van der Waals surface area (Å²) in [7, 11) is 3.72. The second-order valence-electron chi connectivity index (χ2n) is 4.36. The van der Waals surface area contributed by atoms with Crippen LogP contribution in [0.15, 0.2) is 12.1 Å². The number of benzene rings is 1. The molecule has 88 valence electrons. The first-order valence-electron chi connectivity index (χ1n) is 5.39. The Balaban J connectivity index is 2.58. The van der Waals surface area contributed by atoms with Crippen molar-refractivity contribution >= 4 is 17.3 Å². The molecule has 16 heavy (non-hydrogen) atoms. The van der Waals surface area contributed by atoms with Gasteiger partial charge in [-0.05, 0) is 19.1 Å². The lowest BCUT2D eigenvalue weighted by atomic mass is 9.95. The maximum Gasteiger partial charge on any atom is 0.142 e. The summed E-state index contributed by atoms with van der Waals surface area (Å²) in [5, 5.41) is 0.780. The quantitative estimate of drug-likeness (QED) is 0.862. The predicted octanol–water partition coefficient (Wildman–Crippen LogP) is 2.23. The number of nitrogens with zero attached hydrogens (tertiary/aromatic N) is 1. The third-order valence-corrected chi connectivity index (χ3v) is 3.53. The van der Waals surface area contributed by atoms with Crippen LogP contribution in [0.3, 0.4) is 0 Å². The van der Waals surface area contributed by atoms with E-state index in [9.17, 15) is 0 Å². The van der Waals surface area contributed by atoms with Crippen molar-refractivity contribution in [1.29, 1.82) is 0 Å². The number of likely N-dealkylation sites (N-methyl/N-ethyl adjacent to an activating group) is 1. The summed E-state index contributed by atoms with van der Waals surface area (Å²) < 4.78 is 5.37. The van der Waals surface area contributed by atoms with Gasteiger partial charge in [0.15, 0.2) is 0 Å².